The number of hydrogen-bond acceptors (Lipinski definition) is 6. The first kappa shape index (κ1) is 15.2. The second kappa shape index (κ2) is 6.48. The molecule has 2 rings (SSSR count). The Hall–Kier alpha value is -2.23. The molecule has 0 bridgehead atoms. The third-order valence-corrected chi connectivity index (χ3v) is 2.82. The Morgan fingerprint density at radius 3 is 2.52 bits per heavy atom. The number of halogens is 2. The van der Waals surface area contributed by atoms with Crippen molar-refractivity contribution in [3.8, 4) is 6.07 Å². The maximum atomic E-state index is 12.0. The number of ketones is 1. The summed E-state index contributed by atoms with van der Waals surface area (Å²) in [5, 5.41) is 20.8. The highest BCUT2D eigenvalue weighted by molar-refractivity contribution is 6.35. The van der Waals surface area contributed by atoms with Gasteiger partial charge in [0.25, 0.3) is 0 Å². The van der Waals surface area contributed by atoms with Gasteiger partial charge in [0.1, 0.15) is 11.8 Å². The van der Waals surface area contributed by atoms with Gasteiger partial charge in [0.05, 0.1) is 5.69 Å². The molecule has 6 nitrogen and oxygen atoms in total. The molecule has 1 unspecified atom stereocenters. The van der Waals surface area contributed by atoms with Crippen LogP contribution in [0.4, 0.5) is 5.69 Å². The van der Waals surface area contributed by atoms with Gasteiger partial charge in [-0.25, -0.2) is 0 Å². The summed E-state index contributed by atoms with van der Waals surface area (Å²) >= 11 is 11.6. The van der Waals surface area contributed by atoms with Crippen molar-refractivity contribution < 1.29 is 9.32 Å². The SMILES string of the molecule is Cc1cc(C(=O)C(C#N)N=Nc2cc(Cl)cc(Cl)c2)no1. The molecular weight excluding hydrogens is 315 g/mol. The number of aromatic nitrogens is 1. The molecule has 0 aliphatic carbocycles. The van der Waals surface area contributed by atoms with Gasteiger partial charge >= 0.3 is 0 Å². The molecule has 0 aliphatic rings. The van der Waals surface area contributed by atoms with Crippen molar-refractivity contribution in [2.24, 2.45) is 10.2 Å². The van der Waals surface area contributed by atoms with Crippen LogP contribution < -0.4 is 0 Å². The van der Waals surface area contributed by atoms with Crippen LogP contribution in [0.1, 0.15) is 16.2 Å². The number of carbonyl (C=O) groups excluding carboxylic acids is 1. The van der Waals surface area contributed by atoms with Gasteiger partial charge in [-0.05, 0) is 25.1 Å². The van der Waals surface area contributed by atoms with Gasteiger partial charge in [0.2, 0.25) is 11.8 Å². The van der Waals surface area contributed by atoms with E-state index in [0.29, 0.717) is 21.5 Å². The molecule has 1 aromatic carbocycles. The third-order valence-electron chi connectivity index (χ3n) is 2.39. The van der Waals surface area contributed by atoms with Crippen molar-refractivity contribution in [2.45, 2.75) is 13.0 Å². The Morgan fingerprint density at radius 1 is 1.33 bits per heavy atom. The highest BCUT2D eigenvalue weighted by Crippen LogP contribution is 2.25. The molecule has 1 aromatic heterocycles. The molecule has 0 N–H and O–H groups in total. The molecule has 0 aliphatic heterocycles. The zero-order chi connectivity index (χ0) is 15.4. The van der Waals surface area contributed by atoms with Crippen molar-refractivity contribution in [1.82, 2.24) is 5.16 Å². The van der Waals surface area contributed by atoms with E-state index in [2.05, 4.69) is 15.4 Å². The van der Waals surface area contributed by atoms with E-state index in [1.807, 2.05) is 0 Å². The van der Waals surface area contributed by atoms with Crippen LogP contribution in [-0.4, -0.2) is 17.0 Å². The molecular formula is C13H8Cl2N4O2. The summed E-state index contributed by atoms with van der Waals surface area (Å²) in [6.45, 7) is 1.64. The Morgan fingerprint density at radius 2 is 2.00 bits per heavy atom. The summed E-state index contributed by atoms with van der Waals surface area (Å²) in [6, 6.07) is 6.42. The molecule has 0 radical (unpaired) electrons. The Balaban J connectivity index is 2.21. The van der Waals surface area contributed by atoms with Gasteiger partial charge in [-0.3, -0.25) is 4.79 Å². The lowest BCUT2D eigenvalue weighted by atomic mass is 10.1. The zero-order valence-electron chi connectivity index (χ0n) is 10.7. The van der Waals surface area contributed by atoms with Crippen molar-refractivity contribution in [1.29, 1.82) is 5.26 Å². The number of aryl methyl sites for hydroxylation is 1. The van der Waals surface area contributed by atoms with Gasteiger partial charge in [-0.1, -0.05) is 28.4 Å². The largest absolute Gasteiger partial charge is 0.361 e. The molecule has 21 heavy (non-hydrogen) atoms. The molecule has 0 saturated heterocycles. The summed E-state index contributed by atoms with van der Waals surface area (Å²) in [4.78, 5) is 12.0. The standard InChI is InChI=1S/C13H8Cl2N4O2/c1-7-2-11(19-21-7)13(20)12(6-16)18-17-10-4-8(14)3-9(15)5-10/h2-5,12H,1H3. The topological polar surface area (TPSA) is 91.6 Å². The van der Waals surface area contributed by atoms with Crippen LogP contribution in [0.2, 0.25) is 10.0 Å². The van der Waals surface area contributed by atoms with E-state index < -0.39 is 11.8 Å². The highest BCUT2D eigenvalue weighted by Gasteiger charge is 2.22. The summed E-state index contributed by atoms with van der Waals surface area (Å²) in [7, 11) is 0. The first-order valence-corrected chi connectivity index (χ1v) is 6.49. The second-order valence-electron chi connectivity index (χ2n) is 4.06. The highest BCUT2D eigenvalue weighted by atomic mass is 35.5. The molecule has 0 amide bonds. The Labute approximate surface area is 130 Å². The summed E-state index contributed by atoms with van der Waals surface area (Å²) < 4.78 is 4.79. The fourth-order valence-electron chi connectivity index (χ4n) is 1.48. The van der Waals surface area contributed by atoms with Crippen molar-refractivity contribution in [2.75, 3.05) is 0 Å². The second-order valence-corrected chi connectivity index (χ2v) is 4.93. The lowest BCUT2D eigenvalue weighted by Gasteiger charge is -1.99. The maximum absolute atomic E-state index is 12.0. The number of nitriles is 1. The van der Waals surface area contributed by atoms with Crippen molar-refractivity contribution in [3.05, 3.63) is 45.8 Å². The van der Waals surface area contributed by atoms with E-state index in [-0.39, 0.29) is 5.69 Å². The average Bonchev–Trinajstić information content (AvgIpc) is 2.85. The number of hydrogen-bond donors (Lipinski definition) is 0. The predicted molar refractivity (Wildman–Crippen MR) is 75.9 cm³/mol. The van der Waals surface area contributed by atoms with E-state index in [1.165, 1.54) is 24.3 Å². The predicted octanol–water partition coefficient (Wildman–Crippen LogP) is 4.15. The smallest absolute Gasteiger partial charge is 0.225 e. The van der Waals surface area contributed by atoms with Crippen LogP contribution in [0.25, 0.3) is 0 Å². The summed E-state index contributed by atoms with van der Waals surface area (Å²) in [5.41, 5.74) is 0.374. The first-order chi connectivity index (χ1) is 9.99. The Kier molecular flexibility index (Phi) is 4.68. The van der Waals surface area contributed by atoms with Crippen LogP contribution in [0.5, 0.6) is 0 Å². The molecule has 8 heteroatoms. The van der Waals surface area contributed by atoms with Gasteiger partial charge in [-0.15, -0.1) is 0 Å². The third kappa shape index (κ3) is 3.88. The van der Waals surface area contributed by atoms with Crippen LogP contribution in [0, 0.1) is 18.3 Å². The van der Waals surface area contributed by atoms with Gasteiger partial charge in [0, 0.05) is 16.1 Å². The number of rotatable bonds is 4. The van der Waals surface area contributed by atoms with Crippen LogP contribution in [0.15, 0.2) is 39.0 Å². The van der Waals surface area contributed by atoms with E-state index in [9.17, 15) is 4.79 Å². The minimum absolute atomic E-state index is 0.0297. The fraction of sp³-hybridized carbons (Fsp3) is 0.154. The lowest BCUT2D eigenvalue weighted by Crippen LogP contribution is -2.16. The first-order valence-electron chi connectivity index (χ1n) is 5.73. The van der Waals surface area contributed by atoms with E-state index in [0.717, 1.165) is 0 Å². The molecule has 1 atom stereocenters. The monoisotopic (exact) mass is 322 g/mol. The normalized spacial score (nSPS) is 12.3. The minimum Gasteiger partial charge on any atom is -0.361 e. The average molecular weight is 323 g/mol. The molecule has 0 saturated carbocycles. The molecule has 2 aromatic rings. The zero-order valence-corrected chi connectivity index (χ0v) is 12.3. The van der Waals surface area contributed by atoms with Gasteiger partial charge in [-0.2, -0.15) is 15.5 Å². The van der Waals surface area contributed by atoms with E-state index in [1.54, 1.807) is 13.0 Å². The number of nitrogens with zero attached hydrogens (tertiary/aromatic N) is 4. The summed E-state index contributed by atoms with van der Waals surface area (Å²) in [6.07, 6.45) is 0. The van der Waals surface area contributed by atoms with E-state index in [4.69, 9.17) is 33.0 Å². The van der Waals surface area contributed by atoms with Crippen molar-refractivity contribution >= 4 is 34.7 Å². The molecule has 106 valence electrons. The number of carbonyl (C=O) groups is 1. The molecule has 0 fully saturated rings. The van der Waals surface area contributed by atoms with Gasteiger partial charge < -0.3 is 4.52 Å². The van der Waals surface area contributed by atoms with Crippen LogP contribution in [-0.2, 0) is 0 Å². The number of azo groups is 1. The van der Waals surface area contributed by atoms with Crippen molar-refractivity contribution in [3.63, 3.8) is 0 Å². The number of Topliss-reactive ketones (excluding diaryl/α,β-unsaturated/α-hetero) is 1. The molecule has 1 heterocycles. The minimum atomic E-state index is -1.31. The summed E-state index contributed by atoms with van der Waals surface area (Å²) in [5.74, 6) is -0.125. The Bertz CT molecular complexity index is 729. The molecule has 0 spiro atoms. The van der Waals surface area contributed by atoms with Crippen LogP contribution in [0.3, 0.4) is 0 Å². The number of benzene rings is 1. The quantitative estimate of drug-likeness (QED) is 0.624. The van der Waals surface area contributed by atoms with E-state index >= 15 is 0 Å². The lowest BCUT2D eigenvalue weighted by molar-refractivity contribution is 0.0970. The maximum Gasteiger partial charge on any atom is 0.225 e. The van der Waals surface area contributed by atoms with Gasteiger partial charge in [0.15, 0.2) is 5.69 Å². The fourth-order valence-corrected chi connectivity index (χ4v) is 2.00. The van der Waals surface area contributed by atoms with Crippen LogP contribution >= 0.6 is 23.2 Å².